The molecule has 1 fully saturated rings. The van der Waals surface area contributed by atoms with E-state index in [1.54, 1.807) is 23.4 Å². The monoisotopic (exact) mass is 291 g/mol. The molecule has 0 radical (unpaired) electrons. The standard InChI is InChI=1S/C14H17N3O2S/c1-2-19-8-4-7-17-13(18)12(16-14(17)20)9-11-5-3-6-15-10-11/h3,5-6,9-10H,2,4,7-8H2,1H3,(H,16,20)/b12-9+. The van der Waals surface area contributed by atoms with Crippen LogP contribution in [-0.2, 0) is 9.53 Å². The second kappa shape index (κ2) is 7.12. The van der Waals surface area contributed by atoms with E-state index >= 15 is 0 Å². The van der Waals surface area contributed by atoms with Crippen LogP contribution in [0.1, 0.15) is 18.9 Å². The highest BCUT2D eigenvalue weighted by Gasteiger charge is 2.29. The van der Waals surface area contributed by atoms with Crippen molar-refractivity contribution in [1.29, 1.82) is 0 Å². The lowest BCUT2D eigenvalue weighted by molar-refractivity contribution is -0.122. The predicted octanol–water partition coefficient (Wildman–Crippen LogP) is 1.57. The number of carbonyl (C=O) groups is 1. The molecule has 0 unspecified atom stereocenters. The van der Waals surface area contributed by atoms with E-state index in [1.807, 2.05) is 19.1 Å². The van der Waals surface area contributed by atoms with Crippen LogP contribution < -0.4 is 5.32 Å². The third-order valence-corrected chi connectivity index (χ3v) is 3.15. The number of pyridine rings is 1. The smallest absolute Gasteiger partial charge is 0.276 e. The van der Waals surface area contributed by atoms with E-state index in [0.717, 1.165) is 12.0 Å². The van der Waals surface area contributed by atoms with Crippen LogP contribution in [0, 0.1) is 0 Å². The summed E-state index contributed by atoms with van der Waals surface area (Å²) in [5, 5.41) is 3.39. The van der Waals surface area contributed by atoms with Crippen molar-refractivity contribution in [3.8, 4) is 0 Å². The summed E-state index contributed by atoms with van der Waals surface area (Å²) in [4.78, 5) is 17.8. The first-order chi connectivity index (χ1) is 9.72. The molecule has 1 aromatic rings. The van der Waals surface area contributed by atoms with Crippen molar-refractivity contribution in [3.05, 3.63) is 35.8 Å². The van der Waals surface area contributed by atoms with Crippen molar-refractivity contribution in [2.24, 2.45) is 0 Å². The minimum Gasteiger partial charge on any atom is -0.382 e. The Morgan fingerprint density at radius 3 is 3.10 bits per heavy atom. The first-order valence-electron chi connectivity index (χ1n) is 6.54. The second-order valence-corrected chi connectivity index (χ2v) is 4.67. The van der Waals surface area contributed by atoms with Gasteiger partial charge in [-0.25, -0.2) is 0 Å². The van der Waals surface area contributed by atoms with Crippen LogP contribution in [0.5, 0.6) is 0 Å². The SMILES string of the molecule is CCOCCCN1C(=O)/C(=C\c2cccnc2)NC1=S. The van der Waals surface area contributed by atoms with Gasteiger partial charge in [0.2, 0.25) is 0 Å². The van der Waals surface area contributed by atoms with E-state index in [4.69, 9.17) is 17.0 Å². The maximum Gasteiger partial charge on any atom is 0.276 e. The summed E-state index contributed by atoms with van der Waals surface area (Å²) in [5.41, 5.74) is 1.35. The van der Waals surface area contributed by atoms with Gasteiger partial charge in [-0.3, -0.25) is 14.7 Å². The summed E-state index contributed by atoms with van der Waals surface area (Å²) in [7, 11) is 0. The molecular formula is C14H17N3O2S. The minimum atomic E-state index is -0.102. The Hall–Kier alpha value is -1.79. The highest BCUT2D eigenvalue weighted by atomic mass is 32.1. The maximum absolute atomic E-state index is 12.2. The molecule has 1 N–H and O–H groups in total. The molecule has 0 aromatic carbocycles. The van der Waals surface area contributed by atoms with E-state index in [9.17, 15) is 4.79 Å². The Balaban J connectivity index is 2.00. The fourth-order valence-electron chi connectivity index (χ4n) is 1.87. The van der Waals surface area contributed by atoms with Crippen LogP contribution >= 0.6 is 12.2 Å². The summed E-state index contributed by atoms with van der Waals surface area (Å²) in [6.07, 6.45) is 5.91. The molecule has 2 rings (SSSR count). The molecule has 2 heterocycles. The summed E-state index contributed by atoms with van der Waals surface area (Å²) >= 11 is 5.19. The summed E-state index contributed by atoms with van der Waals surface area (Å²) in [6.45, 7) is 3.82. The number of ether oxygens (including phenoxy) is 1. The largest absolute Gasteiger partial charge is 0.382 e. The molecule has 106 valence electrons. The molecule has 1 amide bonds. The highest BCUT2D eigenvalue weighted by Crippen LogP contribution is 2.14. The number of nitrogens with zero attached hydrogens (tertiary/aromatic N) is 2. The van der Waals surface area contributed by atoms with E-state index in [1.165, 1.54) is 0 Å². The van der Waals surface area contributed by atoms with Gasteiger partial charge in [0.05, 0.1) is 0 Å². The average molecular weight is 291 g/mol. The Morgan fingerprint density at radius 1 is 1.55 bits per heavy atom. The van der Waals surface area contributed by atoms with E-state index in [-0.39, 0.29) is 5.91 Å². The molecule has 1 aliphatic rings. The number of rotatable bonds is 6. The van der Waals surface area contributed by atoms with Crippen LogP contribution in [0.15, 0.2) is 30.2 Å². The first kappa shape index (κ1) is 14.6. The molecule has 6 heteroatoms. The van der Waals surface area contributed by atoms with Crippen molar-refractivity contribution in [2.75, 3.05) is 19.8 Å². The third kappa shape index (κ3) is 3.61. The van der Waals surface area contributed by atoms with Crippen molar-refractivity contribution >= 4 is 29.3 Å². The van der Waals surface area contributed by atoms with E-state index in [2.05, 4.69) is 10.3 Å². The van der Waals surface area contributed by atoms with Crippen molar-refractivity contribution in [3.63, 3.8) is 0 Å². The molecule has 1 saturated heterocycles. The second-order valence-electron chi connectivity index (χ2n) is 4.28. The van der Waals surface area contributed by atoms with E-state index < -0.39 is 0 Å². The Kier molecular flexibility index (Phi) is 5.20. The van der Waals surface area contributed by atoms with Crippen LogP contribution in [0.4, 0.5) is 0 Å². The molecule has 0 saturated carbocycles. The minimum absolute atomic E-state index is 0.102. The van der Waals surface area contributed by atoms with Gasteiger partial charge in [-0.1, -0.05) is 6.07 Å². The number of thiocarbonyl (C=S) groups is 1. The zero-order valence-electron chi connectivity index (χ0n) is 11.3. The van der Waals surface area contributed by atoms with Crippen LogP contribution in [0.3, 0.4) is 0 Å². The summed E-state index contributed by atoms with van der Waals surface area (Å²) in [6, 6.07) is 3.71. The lowest BCUT2D eigenvalue weighted by Crippen LogP contribution is -2.32. The summed E-state index contributed by atoms with van der Waals surface area (Å²) in [5.74, 6) is -0.102. The van der Waals surface area contributed by atoms with Gasteiger partial charge in [0.1, 0.15) is 5.70 Å². The number of carbonyl (C=O) groups excluding carboxylic acids is 1. The van der Waals surface area contributed by atoms with Crippen LogP contribution in [0.2, 0.25) is 0 Å². The number of amides is 1. The number of aromatic nitrogens is 1. The molecule has 0 atom stereocenters. The molecule has 5 nitrogen and oxygen atoms in total. The number of hydrogen-bond acceptors (Lipinski definition) is 4. The average Bonchev–Trinajstić information content (AvgIpc) is 2.72. The van der Waals surface area contributed by atoms with Gasteiger partial charge in [-0.05, 0) is 43.3 Å². The lowest BCUT2D eigenvalue weighted by Gasteiger charge is -2.13. The zero-order valence-corrected chi connectivity index (χ0v) is 12.2. The number of hydrogen-bond donors (Lipinski definition) is 1. The zero-order chi connectivity index (χ0) is 14.4. The van der Waals surface area contributed by atoms with Gasteiger partial charge in [0.25, 0.3) is 5.91 Å². The Bertz CT molecular complexity index is 516. The molecular weight excluding hydrogens is 274 g/mol. The number of nitrogens with one attached hydrogen (secondary N) is 1. The van der Waals surface area contributed by atoms with Crippen molar-refractivity contribution < 1.29 is 9.53 Å². The molecule has 20 heavy (non-hydrogen) atoms. The van der Waals surface area contributed by atoms with E-state index in [0.29, 0.717) is 30.6 Å². The third-order valence-electron chi connectivity index (χ3n) is 2.83. The van der Waals surface area contributed by atoms with Crippen LogP contribution in [-0.4, -0.2) is 40.7 Å². The van der Waals surface area contributed by atoms with Gasteiger partial charge < -0.3 is 10.1 Å². The van der Waals surface area contributed by atoms with Gasteiger partial charge in [0, 0.05) is 32.2 Å². The fraction of sp³-hybridized carbons (Fsp3) is 0.357. The molecule has 0 aliphatic carbocycles. The quantitative estimate of drug-likeness (QED) is 0.490. The molecule has 0 bridgehead atoms. The van der Waals surface area contributed by atoms with Crippen molar-refractivity contribution in [2.45, 2.75) is 13.3 Å². The van der Waals surface area contributed by atoms with Gasteiger partial charge >= 0.3 is 0 Å². The normalized spacial score (nSPS) is 16.9. The van der Waals surface area contributed by atoms with Gasteiger partial charge in [-0.2, -0.15) is 0 Å². The lowest BCUT2D eigenvalue weighted by atomic mass is 10.2. The fourth-order valence-corrected chi connectivity index (χ4v) is 2.16. The highest BCUT2D eigenvalue weighted by molar-refractivity contribution is 7.80. The molecule has 1 aliphatic heterocycles. The Labute approximate surface area is 123 Å². The molecule has 1 aromatic heterocycles. The predicted molar refractivity (Wildman–Crippen MR) is 80.8 cm³/mol. The van der Waals surface area contributed by atoms with Crippen molar-refractivity contribution in [1.82, 2.24) is 15.2 Å². The Morgan fingerprint density at radius 2 is 2.40 bits per heavy atom. The summed E-state index contributed by atoms with van der Waals surface area (Å²) < 4.78 is 5.26. The first-order valence-corrected chi connectivity index (χ1v) is 6.95. The van der Waals surface area contributed by atoms with Crippen LogP contribution in [0.25, 0.3) is 6.08 Å². The van der Waals surface area contributed by atoms with Gasteiger partial charge in [0.15, 0.2) is 5.11 Å². The maximum atomic E-state index is 12.2. The molecule has 0 spiro atoms. The van der Waals surface area contributed by atoms with Gasteiger partial charge in [-0.15, -0.1) is 0 Å². The topological polar surface area (TPSA) is 54.5 Å².